The molecular formula is C33H38N2O3. The summed E-state index contributed by atoms with van der Waals surface area (Å²) < 4.78 is 5.13. The first-order chi connectivity index (χ1) is 18.4. The van der Waals surface area contributed by atoms with E-state index in [2.05, 4.69) is 35.7 Å². The van der Waals surface area contributed by atoms with E-state index in [9.17, 15) is 9.90 Å². The Kier molecular flexibility index (Phi) is 9.03. The van der Waals surface area contributed by atoms with Crippen LogP contribution in [0.5, 0.6) is 0 Å². The minimum Gasteiger partial charge on any atom is -0.497 e. The van der Waals surface area contributed by atoms with Gasteiger partial charge in [0.2, 0.25) is 5.91 Å². The van der Waals surface area contributed by atoms with E-state index in [-0.39, 0.29) is 11.8 Å². The molecule has 1 N–H and O–H groups in total. The normalized spacial score (nSPS) is 14.7. The molecule has 5 nitrogen and oxygen atoms in total. The van der Waals surface area contributed by atoms with Crippen molar-refractivity contribution in [3.8, 4) is 11.1 Å². The van der Waals surface area contributed by atoms with Crippen LogP contribution >= 0.6 is 0 Å². The molecule has 0 aliphatic heterocycles. The van der Waals surface area contributed by atoms with E-state index in [0.717, 1.165) is 54.5 Å². The van der Waals surface area contributed by atoms with Gasteiger partial charge in [0, 0.05) is 37.0 Å². The van der Waals surface area contributed by atoms with Crippen LogP contribution in [0.3, 0.4) is 0 Å². The molecule has 38 heavy (non-hydrogen) atoms. The number of carbonyl (C=O) groups excluding carboxylic acids is 1. The molecule has 1 saturated carbocycles. The van der Waals surface area contributed by atoms with Crippen molar-refractivity contribution < 1.29 is 14.6 Å². The average Bonchev–Trinajstić information content (AvgIpc) is 2.96. The van der Waals surface area contributed by atoms with Gasteiger partial charge in [0.15, 0.2) is 6.23 Å². The minimum atomic E-state index is -1.09. The summed E-state index contributed by atoms with van der Waals surface area (Å²) in [5.41, 5.74) is 5.54. The monoisotopic (exact) mass is 510 g/mol. The van der Waals surface area contributed by atoms with Gasteiger partial charge in [0.1, 0.15) is 5.76 Å². The number of hydrogen-bond donors (Lipinski definition) is 1. The fraction of sp³-hybridized carbons (Fsp3) is 0.303. The number of methoxy groups -OCH3 is 1. The number of hydrogen-bond acceptors (Lipinski definition) is 4. The van der Waals surface area contributed by atoms with Gasteiger partial charge < -0.3 is 14.7 Å². The van der Waals surface area contributed by atoms with Crippen LogP contribution in [-0.4, -0.2) is 32.2 Å². The fourth-order valence-corrected chi connectivity index (χ4v) is 4.92. The lowest BCUT2D eigenvalue weighted by atomic mass is 9.88. The second kappa shape index (κ2) is 12.6. The number of amides is 1. The van der Waals surface area contributed by atoms with Crippen molar-refractivity contribution in [1.82, 2.24) is 0 Å². The van der Waals surface area contributed by atoms with Crippen LogP contribution in [0.2, 0.25) is 0 Å². The number of benzene rings is 3. The minimum absolute atomic E-state index is 0.0250. The summed E-state index contributed by atoms with van der Waals surface area (Å²) >= 11 is 0. The molecular weight excluding hydrogens is 472 g/mol. The molecule has 1 fully saturated rings. The van der Waals surface area contributed by atoms with Gasteiger partial charge in [-0.05, 0) is 59.9 Å². The first-order valence-electron chi connectivity index (χ1n) is 13.3. The molecule has 1 unspecified atom stereocenters. The van der Waals surface area contributed by atoms with Crippen molar-refractivity contribution in [3.63, 3.8) is 0 Å². The number of rotatable bonds is 9. The summed E-state index contributed by atoms with van der Waals surface area (Å²) in [6.07, 6.45) is 7.55. The van der Waals surface area contributed by atoms with E-state index in [4.69, 9.17) is 4.74 Å². The Morgan fingerprint density at radius 1 is 0.947 bits per heavy atom. The van der Waals surface area contributed by atoms with Gasteiger partial charge in [-0.15, -0.1) is 0 Å². The third kappa shape index (κ3) is 6.53. The Hall–Kier alpha value is -3.83. The zero-order valence-corrected chi connectivity index (χ0v) is 22.6. The van der Waals surface area contributed by atoms with Crippen LogP contribution in [0.15, 0.2) is 91.2 Å². The molecule has 5 heteroatoms. The van der Waals surface area contributed by atoms with Gasteiger partial charge in [0.05, 0.1) is 7.11 Å². The lowest BCUT2D eigenvalue weighted by Gasteiger charge is -2.33. The summed E-state index contributed by atoms with van der Waals surface area (Å²) in [7, 11) is 5.62. The van der Waals surface area contributed by atoms with Crippen molar-refractivity contribution >= 4 is 23.4 Å². The summed E-state index contributed by atoms with van der Waals surface area (Å²) in [6, 6.07) is 23.8. The molecule has 3 aromatic carbocycles. The number of aliphatic hydroxyl groups is 1. The van der Waals surface area contributed by atoms with E-state index >= 15 is 0 Å². The molecule has 3 aromatic rings. The lowest BCUT2D eigenvalue weighted by molar-refractivity contribution is -0.125. The third-order valence-electron chi connectivity index (χ3n) is 7.23. The van der Waals surface area contributed by atoms with E-state index in [1.54, 1.807) is 18.1 Å². The maximum Gasteiger partial charge on any atom is 0.232 e. The number of aliphatic hydroxyl groups excluding tert-OH is 1. The van der Waals surface area contributed by atoms with Crippen molar-refractivity contribution in [1.29, 1.82) is 0 Å². The number of nitrogens with zero attached hydrogens (tertiary/aromatic N) is 2. The van der Waals surface area contributed by atoms with Gasteiger partial charge in [-0.25, -0.2) is 0 Å². The van der Waals surface area contributed by atoms with Crippen molar-refractivity contribution in [2.75, 3.05) is 31.0 Å². The van der Waals surface area contributed by atoms with Gasteiger partial charge in [-0.3, -0.25) is 9.69 Å². The first kappa shape index (κ1) is 27.2. The zero-order chi connectivity index (χ0) is 27.1. The Morgan fingerprint density at radius 3 is 2.18 bits per heavy atom. The first-order valence-corrected chi connectivity index (χ1v) is 13.3. The third-order valence-corrected chi connectivity index (χ3v) is 7.23. The van der Waals surface area contributed by atoms with Crippen LogP contribution in [-0.2, 0) is 9.53 Å². The molecule has 0 aromatic heterocycles. The number of allylic oxidation sites excluding steroid dienone is 1. The van der Waals surface area contributed by atoms with Gasteiger partial charge in [-0.1, -0.05) is 80.4 Å². The van der Waals surface area contributed by atoms with Crippen LogP contribution in [0, 0.1) is 5.92 Å². The van der Waals surface area contributed by atoms with E-state index < -0.39 is 6.23 Å². The molecule has 4 rings (SSSR count). The quantitative estimate of drug-likeness (QED) is 0.188. The highest BCUT2D eigenvalue weighted by Gasteiger charge is 2.31. The molecule has 0 radical (unpaired) electrons. The molecule has 0 spiro atoms. The molecule has 0 saturated heterocycles. The highest BCUT2D eigenvalue weighted by Crippen LogP contribution is 2.34. The van der Waals surface area contributed by atoms with Gasteiger partial charge in [-0.2, -0.15) is 0 Å². The predicted molar refractivity (Wildman–Crippen MR) is 157 cm³/mol. The largest absolute Gasteiger partial charge is 0.497 e. The zero-order valence-electron chi connectivity index (χ0n) is 22.6. The predicted octanol–water partition coefficient (Wildman–Crippen LogP) is 7.20. The summed E-state index contributed by atoms with van der Waals surface area (Å²) in [6.45, 7) is 3.83. The molecule has 0 heterocycles. The number of ether oxygens (including phenoxy) is 1. The Balaban J connectivity index is 1.63. The van der Waals surface area contributed by atoms with Crippen LogP contribution < -0.4 is 9.80 Å². The smallest absolute Gasteiger partial charge is 0.232 e. The second-order valence-electron chi connectivity index (χ2n) is 10.1. The molecule has 198 valence electrons. The topological polar surface area (TPSA) is 53.0 Å². The van der Waals surface area contributed by atoms with Crippen molar-refractivity contribution in [3.05, 3.63) is 102 Å². The summed E-state index contributed by atoms with van der Waals surface area (Å²) in [5.74, 6) is 0.436. The maximum absolute atomic E-state index is 13.8. The highest BCUT2D eigenvalue weighted by atomic mass is 16.5. The van der Waals surface area contributed by atoms with Gasteiger partial charge in [0.25, 0.3) is 0 Å². The second-order valence-corrected chi connectivity index (χ2v) is 10.1. The van der Waals surface area contributed by atoms with E-state index in [0.29, 0.717) is 17.0 Å². The summed E-state index contributed by atoms with van der Waals surface area (Å²) in [5, 5.41) is 11.6. The number of anilines is 2. The van der Waals surface area contributed by atoms with E-state index in [1.807, 2.05) is 68.7 Å². The highest BCUT2D eigenvalue weighted by molar-refractivity contribution is 5.96. The average molecular weight is 511 g/mol. The van der Waals surface area contributed by atoms with Crippen molar-refractivity contribution in [2.45, 2.75) is 38.3 Å². The summed E-state index contributed by atoms with van der Waals surface area (Å²) in [4.78, 5) is 17.5. The van der Waals surface area contributed by atoms with Crippen LogP contribution in [0.4, 0.5) is 11.4 Å². The van der Waals surface area contributed by atoms with Crippen molar-refractivity contribution in [2.24, 2.45) is 5.92 Å². The van der Waals surface area contributed by atoms with E-state index in [1.165, 1.54) is 0 Å². The number of carbonyl (C=O) groups is 1. The van der Waals surface area contributed by atoms with Crippen LogP contribution in [0.25, 0.3) is 17.2 Å². The Labute approximate surface area is 226 Å². The SMILES string of the molecule is C=C(/C=C/c1cccc(N(C(=O)C2CCCCC2)C(O)c2ccc(-c3ccc(N(C)C)cc3)cc2)c1)OC. The Morgan fingerprint density at radius 2 is 1.58 bits per heavy atom. The standard InChI is InChI=1S/C33H38N2O3/c1-24(38-4)13-14-25-9-8-12-31(23-25)35(32(36)28-10-6-5-7-11-28)33(37)29-17-15-26(16-18-29)27-19-21-30(22-20-27)34(2)3/h8-9,12-23,28,33,37H,1,5-7,10-11H2,2-4H3/b14-13+. The lowest BCUT2D eigenvalue weighted by Crippen LogP contribution is -2.40. The maximum atomic E-state index is 13.8. The molecule has 1 atom stereocenters. The molecule has 1 aliphatic rings. The molecule has 1 amide bonds. The molecule has 1 aliphatic carbocycles. The fourth-order valence-electron chi connectivity index (χ4n) is 4.92. The Bertz CT molecular complexity index is 1260. The van der Waals surface area contributed by atoms with Crippen LogP contribution in [0.1, 0.15) is 49.5 Å². The molecule has 0 bridgehead atoms. The van der Waals surface area contributed by atoms with Gasteiger partial charge >= 0.3 is 0 Å².